The number of hydrogen-bond donors (Lipinski definition) is 4. The lowest BCUT2D eigenvalue weighted by molar-refractivity contribution is 0.172. The van der Waals surface area contributed by atoms with E-state index in [0.29, 0.717) is 33.2 Å². The lowest BCUT2D eigenvalue weighted by Crippen LogP contribution is -2.40. The Morgan fingerprint density at radius 1 is 1.26 bits per heavy atom. The van der Waals surface area contributed by atoms with Crippen molar-refractivity contribution in [2.75, 3.05) is 18.4 Å². The number of aromatic hydroxyl groups is 1. The molecule has 35 heavy (non-hydrogen) atoms. The van der Waals surface area contributed by atoms with Gasteiger partial charge in [-0.15, -0.1) is 0 Å². The molecule has 0 saturated carbocycles. The molecule has 0 spiro atoms. The van der Waals surface area contributed by atoms with Gasteiger partial charge >= 0.3 is 5.69 Å². The van der Waals surface area contributed by atoms with Crippen molar-refractivity contribution in [2.24, 2.45) is 4.99 Å². The van der Waals surface area contributed by atoms with Gasteiger partial charge < -0.3 is 20.3 Å². The number of aromatic nitrogens is 5. The predicted octanol–water partition coefficient (Wildman–Crippen LogP) is 2.17. The summed E-state index contributed by atoms with van der Waals surface area (Å²) in [6.45, 7) is 6.45. The van der Waals surface area contributed by atoms with E-state index in [1.165, 1.54) is 0 Å². The zero-order valence-electron chi connectivity index (χ0n) is 19.5. The van der Waals surface area contributed by atoms with E-state index in [9.17, 15) is 9.90 Å². The second kappa shape index (κ2) is 9.55. The van der Waals surface area contributed by atoms with Crippen LogP contribution in [0.5, 0.6) is 5.88 Å². The fourth-order valence-corrected chi connectivity index (χ4v) is 4.49. The van der Waals surface area contributed by atoms with Crippen molar-refractivity contribution in [3.05, 3.63) is 68.4 Å². The number of anilines is 2. The fourth-order valence-electron chi connectivity index (χ4n) is 4.30. The molecule has 0 amide bonds. The number of H-pyrrole nitrogens is 2. The van der Waals surface area contributed by atoms with Gasteiger partial charge in [0, 0.05) is 41.1 Å². The van der Waals surface area contributed by atoms with Crippen LogP contribution in [0.3, 0.4) is 0 Å². The van der Waals surface area contributed by atoms with Crippen LogP contribution in [-0.2, 0) is 0 Å². The van der Waals surface area contributed by atoms with Crippen molar-refractivity contribution in [1.82, 2.24) is 29.5 Å². The highest BCUT2D eigenvalue weighted by Crippen LogP contribution is 2.19. The third kappa shape index (κ3) is 5.08. The van der Waals surface area contributed by atoms with E-state index < -0.39 is 5.69 Å². The molecule has 11 heteroatoms. The first-order valence-electron chi connectivity index (χ1n) is 11.6. The van der Waals surface area contributed by atoms with Gasteiger partial charge in [0.1, 0.15) is 11.5 Å². The van der Waals surface area contributed by atoms with Crippen molar-refractivity contribution < 1.29 is 5.11 Å². The van der Waals surface area contributed by atoms with Crippen molar-refractivity contribution in [2.45, 2.75) is 38.8 Å². The van der Waals surface area contributed by atoms with Crippen molar-refractivity contribution in [3.63, 3.8) is 0 Å². The molecule has 3 aromatic heterocycles. The first kappa shape index (κ1) is 23.1. The molecule has 1 fully saturated rings. The first-order valence-corrected chi connectivity index (χ1v) is 12.0. The van der Waals surface area contributed by atoms with Gasteiger partial charge in [0.25, 0.3) is 0 Å². The molecule has 1 aliphatic rings. The van der Waals surface area contributed by atoms with Gasteiger partial charge in [-0.05, 0) is 51.0 Å². The number of nitrogens with one attached hydrogen (secondary N) is 3. The number of nitrogens with zero attached hydrogens (tertiary/aromatic N) is 5. The lowest BCUT2D eigenvalue weighted by Gasteiger charge is -2.32. The maximum atomic E-state index is 11.6. The highest BCUT2D eigenvalue weighted by Gasteiger charge is 2.20. The third-order valence-electron chi connectivity index (χ3n) is 6.16. The number of rotatable bonds is 5. The highest BCUT2D eigenvalue weighted by molar-refractivity contribution is 6.30. The summed E-state index contributed by atoms with van der Waals surface area (Å²) in [4.78, 5) is 28.7. The number of halogens is 1. The second-order valence-electron chi connectivity index (χ2n) is 8.95. The van der Waals surface area contributed by atoms with E-state index >= 15 is 0 Å². The molecule has 1 saturated heterocycles. The average Bonchev–Trinajstić information content (AvgIpc) is 3.36. The SMILES string of the molecule is CC(C)N1CCC(N=c2cc(Nc3cccc(Cl)c3)nc3/c(=C/c4[nH]c(=O)[nH]c4O)cnn23)CC1. The summed E-state index contributed by atoms with van der Waals surface area (Å²) < 4.78 is 1.69. The molecule has 0 aliphatic carbocycles. The van der Waals surface area contributed by atoms with E-state index in [0.717, 1.165) is 31.6 Å². The van der Waals surface area contributed by atoms with E-state index in [4.69, 9.17) is 21.6 Å². The Kier molecular flexibility index (Phi) is 6.31. The predicted molar refractivity (Wildman–Crippen MR) is 135 cm³/mol. The number of likely N-dealkylation sites (tertiary alicyclic amines) is 1. The number of benzene rings is 1. The smallest absolute Gasteiger partial charge is 0.326 e. The van der Waals surface area contributed by atoms with Gasteiger partial charge in [-0.25, -0.2) is 9.78 Å². The molecule has 0 unspecified atom stereocenters. The largest absolute Gasteiger partial charge is 0.493 e. The van der Waals surface area contributed by atoms with E-state index in [-0.39, 0.29) is 17.6 Å². The molecule has 4 heterocycles. The summed E-state index contributed by atoms with van der Waals surface area (Å²) in [6.07, 6.45) is 5.20. The molecular weight excluding hydrogens is 468 g/mol. The van der Waals surface area contributed by atoms with Crippen molar-refractivity contribution in [1.29, 1.82) is 0 Å². The normalized spacial score (nSPS) is 16.6. The minimum atomic E-state index is -0.495. The van der Waals surface area contributed by atoms with Crippen LogP contribution in [0.2, 0.25) is 5.02 Å². The quantitative estimate of drug-likeness (QED) is 0.337. The maximum Gasteiger partial charge on any atom is 0.326 e. The van der Waals surface area contributed by atoms with Gasteiger partial charge in [-0.2, -0.15) is 9.61 Å². The Morgan fingerprint density at radius 2 is 2.06 bits per heavy atom. The summed E-state index contributed by atoms with van der Waals surface area (Å²) in [7, 11) is 0. The molecule has 0 bridgehead atoms. The Morgan fingerprint density at radius 3 is 2.74 bits per heavy atom. The summed E-state index contributed by atoms with van der Waals surface area (Å²) in [6, 6.07) is 9.96. The highest BCUT2D eigenvalue weighted by atomic mass is 35.5. The van der Waals surface area contributed by atoms with Crippen molar-refractivity contribution in [3.8, 4) is 5.88 Å². The fraction of sp³-hybridized carbons (Fsp3) is 0.333. The minimum Gasteiger partial charge on any atom is -0.493 e. The number of imidazole rings is 1. The minimum absolute atomic E-state index is 0.177. The van der Waals surface area contributed by atoms with Crippen LogP contribution in [-0.4, -0.2) is 59.7 Å². The summed E-state index contributed by atoms with van der Waals surface area (Å²) in [5.74, 6) is 0.337. The van der Waals surface area contributed by atoms with Crippen molar-refractivity contribution >= 4 is 34.8 Å². The average molecular weight is 495 g/mol. The number of aromatic amines is 2. The van der Waals surface area contributed by atoms with Gasteiger partial charge in [0.2, 0.25) is 5.88 Å². The van der Waals surface area contributed by atoms with Gasteiger partial charge in [-0.1, -0.05) is 17.7 Å². The molecule has 0 radical (unpaired) electrons. The molecule has 5 rings (SSSR count). The molecule has 10 nitrogen and oxygen atoms in total. The summed E-state index contributed by atoms with van der Waals surface area (Å²) in [5, 5.41) is 19.0. The molecule has 182 valence electrons. The lowest BCUT2D eigenvalue weighted by atomic mass is 10.0. The maximum absolute atomic E-state index is 11.6. The Balaban J connectivity index is 1.60. The second-order valence-corrected chi connectivity index (χ2v) is 9.38. The van der Waals surface area contributed by atoms with Crippen LogP contribution in [0.25, 0.3) is 11.7 Å². The molecule has 1 aliphatic heterocycles. The van der Waals surface area contributed by atoms with Gasteiger partial charge in [0.15, 0.2) is 11.1 Å². The molecule has 4 aromatic rings. The monoisotopic (exact) mass is 494 g/mol. The van der Waals surface area contributed by atoms with Gasteiger partial charge in [-0.3, -0.25) is 9.98 Å². The van der Waals surface area contributed by atoms with Crippen LogP contribution in [0.4, 0.5) is 11.5 Å². The van der Waals surface area contributed by atoms with Gasteiger partial charge in [0.05, 0.1) is 12.2 Å². The van der Waals surface area contributed by atoms with E-state index in [2.05, 4.69) is 39.1 Å². The Bertz CT molecular complexity index is 1530. The molecule has 4 N–H and O–H groups in total. The van der Waals surface area contributed by atoms with Crippen LogP contribution < -0.4 is 21.7 Å². The molecule has 0 atom stereocenters. The zero-order chi connectivity index (χ0) is 24.5. The van der Waals surface area contributed by atoms with Crippen LogP contribution >= 0.6 is 11.6 Å². The van der Waals surface area contributed by atoms with Crippen LogP contribution in [0.15, 0.2) is 46.3 Å². The topological polar surface area (TPSA) is 127 Å². The number of piperidine rings is 1. The zero-order valence-corrected chi connectivity index (χ0v) is 20.3. The molecular formula is C24H27ClN8O2. The van der Waals surface area contributed by atoms with Crippen LogP contribution in [0, 0.1) is 0 Å². The van der Waals surface area contributed by atoms with Crippen LogP contribution in [0.1, 0.15) is 32.4 Å². The molecule has 1 aromatic carbocycles. The summed E-state index contributed by atoms with van der Waals surface area (Å²) in [5.41, 5.74) is 1.76. The Hall–Kier alpha value is -3.63. The Labute approximate surface area is 206 Å². The summed E-state index contributed by atoms with van der Waals surface area (Å²) >= 11 is 6.16. The third-order valence-corrected chi connectivity index (χ3v) is 6.39. The van der Waals surface area contributed by atoms with E-state index in [1.54, 1.807) is 16.8 Å². The number of hydrogen-bond acceptors (Lipinski definition) is 7. The standard InChI is InChI=1S/C24H27ClN8O2/c1-14(2)32-8-6-17(7-9-32)28-21-12-20(27-18-5-3-4-16(25)11-18)30-22-15(13-26-33(21)22)10-19-23(34)31-24(35)29-19/h3-5,10-14,17,27,34H,6-9H2,1-2H3,(H2,29,31,35)/b15-10+,28-21?. The van der Waals surface area contributed by atoms with E-state index in [1.807, 2.05) is 30.3 Å². The first-order chi connectivity index (χ1) is 16.9. The number of fused-ring (bicyclic) bond motifs is 1.